The largest absolute Gasteiger partial charge is 0.287 e. The van der Waals surface area contributed by atoms with E-state index in [0.29, 0.717) is 27.9 Å². The van der Waals surface area contributed by atoms with Crippen LogP contribution >= 0.6 is 23.4 Å². The third-order valence-electron chi connectivity index (χ3n) is 4.50. The van der Waals surface area contributed by atoms with Crippen molar-refractivity contribution in [2.45, 2.75) is 15.5 Å². The van der Waals surface area contributed by atoms with Crippen LogP contribution in [0.2, 0.25) is 5.02 Å². The van der Waals surface area contributed by atoms with Gasteiger partial charge in [0.1, 0.15) is 0 Å². The molecule has 1 fully saturated rings. The molecule has 1 N–H and O–H groups in total. The number of pyridine rings is 1. The number of benzene rings is 2. The summed E-state index contributed by atoms with van der Waals surface area (Å²) in [5.41, 5.74) is 1.07. The van der Waals surface area contributed by atoms with Crippen LogP contribution in [0, 0.1) is 11.8 Å². The van der Waals surface area contributed by atoms with E-state index < -0.39 is 25.1 Å². The molecule has 1 aliphatic heterocycles. The highest BCUT2D eigenvalue weighted by molar-refractivity contribution is 8.25. The van der Waals surface area contributed by atoms with Gasteiger partial charge in [-0.15, -0.1) is 0 Å². The van der Waals surface area contributed by atoms with Gasteiger partial charge < -0.3 is 0 Å². The minimum Gasteiger partial charge on any atom is -0.285 e. The van der Waals surface area contributed by atoms with Gasteiger partial charge in [-0.3, -0.25) is 14.9 Å². The molecule has 0 saturated carbocycles. The van der Waals surface area contributed by atoms with Crippen LogP contribution in [-0.4, -0.2) is 28.6 Å². The summed E-state index contributed by atoms with van der Waals surface area (Å²) in [6, 6.07) is 16.6. The van der Waals surface area contributed by atoms with Gasteiger partial charge in [-0.2, -0.15) is 0 Å². The predicted molar refractivity (Wildman–Crippen MR) is 116 cm³/mol. The van der Waals surface area contributed by atoms with E-state index >= 15 is 0 Å². The van der Waals surface area contributed by atoms with Crippen LogP contribution in [0.4, 0.5) is 4.79 Å². The Morgan fingerprint density at radius 1 is 1.03 bits per heavy atom. The van der Waals surface area contributed by atoms with E-state index in [4.69, 9.17) is 11.6 Å². The first kappa shape index (κ1) is 20.4. The first-order valence-corrected chi connectivity index (χ1v) is 11.4. The Morgan fingerprint density at radius 3 is 2.47 bits per heavy atom. The molecule has 4 rings (SSSR count). The molecule has 9 heteroatoms. The number of halogens is 1. The second-order valence-electron chi connectivity index (χ2n) is 6.43. The zero-order valence-corrected chi connectivity index (χ0v) is 17.6. The molecule has 6 nitrogen and oxygen atoms in total. The molecule has 1 atom stereocenters. The average Bonchev–Trinajstić information content (AvgIpc) is 3.03. The molecule has 1 aromatic heterocycles. The monoisotopic (exact) mass is 456 g/mol. The topological polar surface area (TPSA) is 93.2 Å². The van der Waals surface area contributed by atoms with E-state index in [9.17, 15) is 18.0 Å². The molecule has 150 valence electrons. The number of nitrogens with one attached hydrogen (secondary N) is 1. The summed E-state index contributed by atoms with van der Waals surface area (Å²) in [5, 5.41) is 2.34. The first-order chi connectivity index (χ1) is 14.3. The van der Waals surface area contributed by atoms with Crippen molar-refractivity contribution in [2.24, 2.45) is 0 Å². The molecule has 0 aliphatic carbocycles. The number of aromatic nitrogens is 1. The van der Waals surface area contributed by atoms with Gasteiger partial charge in [0.25, 0.3) is 11.1 Å². The Kier molecular flexibility index (Phi) is 5.28. The quantitative estimate of drug-likeness (QED) is 0.603. The van der Waals surface area contributed by atoms with Gasteiger partial charge in [-0.1, -0.05) is 41.6 Å². The van der Waals surface area contributed by atoms with Gasteiger partial charge in [0.05, 0.1) is 5.52 Å². The molecule has 1 aliphatic rings. The molecule has 0 spiro atoms. The number of nitrogens with zero attached hydrogens (tertiary/aromatic N) is 1. The van der Waals surface area contributed by atoms with Crippen LogP contribution in [-0.2, 0) is 14.6 Å². The Balaban J connectivity index is 1.77. The van der Waals surface area contributed by atoms with Crippen molar-refractivity contribution in [1.82, 2.24) is 10.3 Å². The Morgan fingerprint density at radius 2 is 1.77 bits per heavy atom. The zero-order valence-electron chi connectivity index (χ0n) is 15.3. The highest BCUT2D eigenvalue weighted by atomic mass is 35.5. The maximum absolute atomic E-state index is 13.5. The average molecular weight is 457 g/mol. The third kappa shape index (κ3) is 3.56. The van der Waals surface area contributed by atoms with Gasteiger partial charge in [0, 0.05) is 22.4 Å². The molecule has 0 radical (unpaired) electrons. The fourth-order valence-corrected chi connectivity index (χ4v) is 6.10. The lowest BCUT2D eigenvalue weighted by molar-refractivity contribution is -0.119. The highest BCUT2D eigenvalue weighted by Gasteiger charge is 2.58. The van der Waals surface area contributed by atoms with Crippen molar-refractivity contribution in [3.63, 3.8) is 0 Å². The van der Waals surface area contributed by atoms with Crippen molar-refractivity contribution in [2.75, 3.05) is 0 Å². The molecule has 0 bridgehead atoms. The number of para-hydroxylation sites is 1. The van der Waals surface area contributed by atoms with Crippen LogP contribution in [0.5, 0.6) is 0 Å². The zero-order chi connectivity index (χ0) is 21.4. The maximum atomic E-state index is 13.5. The van der Waals surface area contributed by atoms with Crippen molar-refractivity contribution in [3.8, 4) is 11.8 Å². The van der Waals surface area contributed by atoms with Gasteiger partial charge in [0.2, 0.25) is 13.9 Å². The molecule has 1 unspecified atom stereocenters. The smallest absolute Gasteiger partial charge is 0.285 e. The Bertz CT molecular complexity index is 1340. The standard InChI is InChI=1S/C21H13ClN2O4S2/c22-16-10-7-14(8-11-16)4-3-13-21(19(25)24-20(26)29-21)30(27,28)18-12-9-15-5-1-2-6-17(15)23-18/h1-2,5-12H,13H2,(H,24,25,26). The molecule has 2 aromatic carbocycles. The number of hydrogen-bond acceptors (Lipinski definition) is 6. The molecular formula is C21H13ClN2O4S2. The van der Waals surface area contributed by atoms with E-state index in [1.807, 2.05) is 6.07 Å². The molecule has 30 heavy (non-hydrogen) atoms. The highest BCUT2D eigenvalue weighted by Crippen LogP contribution is 2.43. The van der Waals surface area contributed by atoms with Crippen LogP contribution in [0.3, 0.4) is 0 Å². The number of imide groups is 1. The van der Waals surface area contributed by atoms with Crippen molar-refractivity contribution in [3.05, 3.63) is 71.2 Å². The van der Waals surface area contributed by atoms with Crippen LogP contribution in [0.25, 0.3) is 10.9 Å². The summed E-state index contributed by atoms with van der Waals surface area (Å²) in [4.78, 5) is 28.8. The predicted octanol–water partition coefficient (Wildman–Crippen LogP) is 3.78. The number of hydrogen-bond donors (Lipinski definition) is 1. The van der Waals surface area contributed by atoms with Crippen LogP contribution < -0.4 is 5.32 Å². The van der Waals surface area contributed by atoms with E-state index in [1.165, 1.54) is 6.07 Å². The number of thioether (sulfide) groups is 1. The first-order valence-electron chi connectivity index (χ1n) is 8.71. The van der Waals surface area contributed by atoms with Crippen molar-refractivity contribution < 1.29 is 18.0 Å². The van der Waals surface area contributed by atoms with E-state index in [2.05, 4.69) is 22.1 Å². The summed E-state index contributed by atoms with van der Waals surface area (Å²) < 4.78 is 24.8. The fourth-order valence-electron chi connectivity index (χ4n) is 2.96. The van der Waals surface area contributed by atoms with Crippen LogP contribution in [0.1, 0.15) is 12.0 Å². The number of sulfone groups is 1. The number of fused-ring (bicyclic) bond motifs is 1. The second kappa shape index (κ2) is 7.76. The molecule has 2 heterocycles. The maximum Gasteiger partial charge on any atom is 0.287 e. The summed E-state index contributed by atoms with van der Waals surface area (Å²) >= 11 is 6.26. The molecule has 3 aromatic rings. The van der Waals surface area contributed by atoms with E-state index in [-0.39, 0.29) is 11.4 Å². The number of carbonyl (C=O) groups is 2. The SMILES string of the molecule is O=C1NC(=O)C(CC#Cc2ccc(Cl)cc2)(S(=O)(=O)c2ccc3ccccc3n2)S1. The number of carbonyl (C=O) groups excluding carboxylic acids is 2. The summed E-state index contributed by atoms with van der Waals surface area (Å²) in [6.45, 7) is 0. The minimum atomic E-state index is -4.34. The second-order valence-corrected chi connectivity index (χ2v) is 10.5. The third-order valence-corrected chi connectivity index (χ3v) is 8.58. The van der Waals surface area contributed by atoms with Gasteiger partial charge in [-0.05, 0) is 54.2 Å². The number of amides is 2. The summed E-state index contributed by atoms with van der Waals surface area (Å²) in [6.07, 6.45) is -0.380. The Hall–Kier alpha value is -2.86. The molecule has 2 amide bonds. The lowest BCUT2D eigenvalue weighted by Crippen LogP contribution is -2.43. The van der Waals surface area contributed by atoms with Gasteiger partial charge >= 0.3 is 0 Å². The van der Waals surface area contributed by atoms with E-state index in [0.717, 1.165) is 5.39 Å². The van der Waals surface area contributed by atoms with Crippen molar-refractivity contribution in [1.29, 1.82) is 0 Å². The fraction of sp³-hybridized carbons (Fsp3) is 0.0952. The normalized spacial score (nSPS) is 18.7. The molecule has 1 saturated heterocycles. The van der Waals surface area contributed by atoms with Crippen LogP contribution in [0.15, 0.2) is 65.7 Å². The summed E-state index contributed by atoms with van der Waals surface area (Å²) in [5.74, 6) is 4.63. The summed E-state index contributed by atoms with van der Waals surface area (Å²) in [7, 11) is -4.34. The lowest BCUT2D eigenvalue weighted by Gasteiger charge is -2.21. The van der Waals surface area contributed by atoms with Gasteiger partial charge in [0.15, 0.2) is 5.03 Å². The van der Waals surface area contributed by atoms with Gasteiger partial charge in [-0.25, -0.2) is 13.4 Å². The molecular weight excluding hydrogens is 444 g/mol. The van der Waals surface area contributed by atoms with E-state index in [1.54, 1.807) is 48.5 Å². The Labute approximate surface area is 181 Å². The number of rotatable bonds is 3. The minimum absolute atomic E-state index is 0.285. The van der Waals surface area contributed by atoms with Crippen molar-refractivity contribution >= 4 is 55.2 Å². The lowest BCUT2D eigenvalue weighted by atomic mass is 10.2.